The van der Waals surface area contributed by atoms with E-state index in [0.717, 1.165) is 18.5 Å². The van der Waals surface area contributed by atoms with Gasteiger partial charge in [0.2, 0.25) is 0 Å². The molecule has 0 saturated heterocycles. The van der Waals surface area contributed by atoms with Crippen molar-refractivity contribution in [1.29, 1.82) is 5.41 Å². The summed E-state index contributed by atoms with van der Waals surface area (Å²) in [6.45, 7) is 0. The van der Waals surface area contributed by atoms with Crippen LogP contribution in [-0.4, -0.2) is 37.3 Å². The third-order valence-electron chi connectivity index (χ3n) is 4.83. The van der Waals surface area contributed by atoms with Gasteiger partial charge in [-0.25, -0.2) is 18.4 Å². The largest absolute Gasteiger partial charge is 0.429 e. The van der Waals surface area contributed by atoms with Crippen molar-refractivity contribution in [2.45, 2.75) is 23.7 Å². The number of pyridine rings is 1. The SMILES string of the molecule is CS(=O)(=O)c1cccc(-c2ccc(C(CC(=N)C(F)(F)F)=Nc3ncccc3C(F)(F)F)cc2)c1. The van der Waals surface area contributed by atoms with E-state index >= 15 is 0 Å². The summed E-state index contributed by atoms with van der Waals surface area (Å²) in [6.07, 6.45) is -8.85. The van der Waals surface area contributed by atoms with Gasteiger partial charge in [-0.15, -0.1) is 0 Å². The average molecular weight is 513 g/mol. The molecular weight excluding hydrogens is 496 g/mol. The van der Waals surface area contributed by atoms with E-state index in [0.29, 0.717) is 17.2 Å². The van der Waals surface area contributed by atoms with Crippen molar-refractivity contribution in [3.8, 4) is 11.1 Å². The maximum Gasteiger partial charge on any atom is 0.429 e. The Morgan fingerprint density at radius 3 is 2.17 bits per heavy atom. The molecule has 1 aromatic heterocycles. The first-order valence-electron chi connectivity index (χ1n) is 9.81. The molecule has 1 N–H and O–H groups in total. The zero-order valence-corrected chi connectivity index (χ0v) is 18.8. The Labute approximate surface area is 196 Å². The molecule has 3 aromatic rings. The molecule has 0 aliphatic heterocycles. The van der Waals surface area contributed by atoms with E-state index in [4.69, 9.17) is 5.41 Å². The monoisotopic (exact) mass is 513 g/mol. The lowest BCUT2D eigenvalue weighted by Crippen LogP contribution is -2.25. The summed E-state index contributed by atoms with van der Waals surface area (Å²) < 4.78 is 103. The molecule has 0 aliphatic carbocycles. The molecule has 0 spiro atoms. The number of nitrogens with zero attached hydrogens (tertiary/aromatic N) is 2. The lowest BCUT2D eigenvalue weighted by atomic mass is 9.99. The number of hydrogen-bond donors (Lipinski definition) is 1. The summed E-state index contributed by atoms with van der Waals surface area (Å²) in [5, 5.41) is 7.32. The summed E-state index contributed by atoms with van der Waals surface area (Å²) in [7, 11) is -3.48. The molecule has 0 unspecified atom stereocenters. The van der Waals surface area contributed by atoms with Crippen LogP contribution in [0, 0.1) is 5.41 Å². The fourth-order valence-electron chi connectivity index (χ4n) is 3.07. The van der Waals surface area contributed by atoms with Gasteiger partial charge < -0.3 is 5.41 Å². The van der Waals surface area contributed by atoms with Crippen molar-refractivity contribution in [3.63, 3.8) is 0 Å². The number of aromatic nitrogens is 1. The van der Waals surface area contributed by atoms with Crippen molar-refractivity contribution in [3.05, 3.63) is 78.0 Å². The van der Waals surface area contributed by atoms with Gasteiger partial charge in [0.25, 0.3) is 0 Å². The smallest absolute Gasteiger partial charge is 0.300 e. The number of nitrogens with one attached hydrogen (secondary N) is 1. The van der Waals surface area contributed by atoms with Crippen LogP contribution in [0.5, 0.6) is 0 Å². The number of aliphatic imine (C=N–C) groups is 1. The van der Waals surface area contributed by atoms with Gasteiger partial charge in [-0.1, -0.05) is 36.4 Å². The Kier molecular flexibility index (Phi) is 7.16. The molecule has 0 bridgehead atoms. The summed E-state index contributed by atoms with van der Waals surface area (Å²) in [5.41, 5.74) is -2.30. The zero-order chi connectivity index (χ0) is 26.0. The molecule has 0 radical (unpaired) electrons. The quantitative estimate of drug-likeness (QED) is 0.312. The average Bonchev–Trinajstić information content (AvgIpc) is 2.77. The van der Waals surface area contributed by atoms with Gasteiger partial charge in [0.05, 0.1) is 10.6 Å². The van der Waals surface area contributed by atoms with Gasteiger partial charge in [-0.3, -0.25) is 0 Å². The molecule has 0 aliphatic rings. The number of sulfone groups is 1. The molecule has 1 heterocycles. The minimum atomic E-state index is -5.00. The van der Waals surface area contributed by atoms with E-state index < -0.39 is 51.4 Å². The predicted molar refractivity (Wildman–Crippen MR) is 119 cm³/mol. The second-order valence-electron chi connectivity index (χ2n) is 7.46. The first-order valence-corrected chi connectivity index (χ1v) is 11.7. The van der Waals surface area contributed by atoms with Crippen molar-refractivity contribution in [1.82, 2.24) is 4.98 Å². The van der Waals surface area contributed by atoms with Crippen LogP contribution in [0.4, 0.5) is 32.2 Å². The Hall–Kier alpha value is -3.54. The molecule has 0 fully saturated rings. The second kappa shape index (κ2) is 9.61. The van der Waals surface area contributed by atoms with Crippen LogP contribution >= 0.6 is 0 Å². The third kappa shape index (κ3) is 6.53. The van der Waals surface area contributed by atoms with Crippen molar-refractivity contribution >= 4 is 27.1 Å². The number of benzene rings is 2. The maximum atomic E-state index is 13.3. The zero-order valence-electron chi connectivity index (χ0n) is 17.9. The molecule has 5 nitrogen and oxygen atoms in total. The molecule has 184 valence electrons. The molecule has 35 heavy (non-hydrogen) atoms. The topological polar surface area (TPSA) is 83.2 Å². The Balaban J connectivity index is 2.07. The van der Waals surface area contributed by atoms with E-state index in [2.05, 4.69) is 9.98 Å². The van der Waals surface area contributed by atoms with Crippen LogP contribution in [0.2, 0.25) is 0 Å². The highest BCUT2D eigenvalue weighted by atomic mass is 32.2. The summed E-state index contributed by atoms with van der Waals surface area (Å²) in [5.74, 6) is -0.824. The molecule has 0 amide bonds. The van der Waals surface area contributed by atoms with E-state index in [-0.39, 0.29) is 10.5 Å². The van der Waals surface area contributed by atoms with E-state index in [9.17, 15) is 34.8 Å². The number of hydrogen-bond acceptors (Lipinski definition) is 5. The van der Waals surface area contributed by atoms with Crippen molar-refractivity contribution in [2.24, 2.45) is 4.99 Å². The molecular formula is C23H17F6N3O2S. The van der Waals surface area contributed by atoms with Crippen molar-refractivity contribution < 1.29 is 34.8 Å². The highest BCUT2D eigenvalue weighted by molar-refractivity contribution is 7.90. The van der Waals surface area contributed by atoms with Gasteiger partial charge in [0, 0.05) is 18.9 Å². The summed E-state index contributed by atoms with van der Waals surface area (Å²) in [6, 6.07) is 13.3. The lowest BCUT2D eigenvalue weighted by Gasteiger charge is -2.13. The van der Waals surface area contributed by atoms with E-state index in [1.165, 1.54) is 42.5 Å². The van der Waals surface area contributed by atoms with Crippen LogP contribution in [-0.2, 0) is 16.0 Å². The minimum Gasteiger partial charge on any atom is -0.300 e. The minimum absolute atomic E-state index is 0.0424. The van der Waals surface area contributed by atoms with Gasteiger partial charge in [-0.2, -0.15) is 26.3 Å². The third-order valence-corrected chi connectivity index (χ3v) is 5.94. The maximum absolute atomic E-state index is 13.3. The highest BCUT2D eigenvalue weighted by Gasteiger charge is 2.36. The Morgan fingerprint density at radius 2 is 1.60 bits per heavy atom. The first kappa shape index (κ1) is 26.1. The van der Waals surface area contributed by atoms with Crippen LogP contribution in [0.3, 0.4) is 0 Å². The molecule has 12 heteroatoms. The fraction of sp³-hybridized carbons (Fsp3) is 0.174. The van der Waals surface area contributed by atoms with Gasteiger partial charge in [-0.05, 0) is 41.0 Å². The number of rotatable bonds is 6. The molecule has 0 atom stereocenters. The molecule has 0 saturated carbocycles. The van der Waals surface area contributed by atoms with Gasteiger partial charge in [0.1, 0.15) is 11.3 Å². The van der Waals surface area contributed by atoms with Crippen LogP contribution in [0.25, 0.3) is 11.1 Å². The normalized spacial score (nSPS) is 13.1. The molecule has 2 aromatic carbocycles. The summed E-state index contributed by atoms with van der Waals surface area (Å²) in [4.78, 5) is 7.39. The van der Waals surface area contributed by atoms with E-state index in [1.807, 2.05) is 0 Å². The Bertz CT molecular complexity index is 1380. The number of halogens is 6. The standard InChI is InChI=1S/C23H17F6N3O2S/c1-35(33,34)17-5-2-4-16(12-17)14-7-9-15(10-8-14)19(13-20(30)23(27,28)29)32-21-18(22(24,25)26)6-3-11-31-21/h2-12,30H,13H2,1H3. The number of alkyl halides is 6. The fourth-order valence-corrected chi connectivity index (χ4v) is 3.74. The van der Waals surface area contributed by atoms with Crippen molar-refractivity contribution in [2.75, 3.05) is 6.26 Å². The van der Waals surface area contributed by atoms with Crippen LogP contribution in [0.1, 0.15) is 17.5 Å². The van der Waals surface area contributed by atoms with Gasteiger partial charge >= 0.3 is 12.4 Å². The predicted octanol–water partition coefficient (Wildman–Crippen LogP) is 6.26. The second-order valence-corrected chi connectivity index (χ2v) is 9.48. The van der Waals surface area contributed by atoms with E-state index in [1.54, 1.807) is 6.07 Å². The van der Waals surface area contributed by atoms with Gasteiger partial charge in [0.15, 0.2) is 15.7 Å². The molecule has 3 rings (SSSR count). The van der Waals surface area contributed by atoms with Crippen LogP contribution in [0.15, 0.2) is 76.7 Å². The van der Waals surface area contributed by atoms with Crippen LogP contribution < -0.4 is 0 Å². The Morgan fingerprint density at radius 1 is 0.943 bits per heavy atom. The first-order chi connectivity index (χ1) is 16.2. The highest BCUT2D eigenvalue weighted by Crippen LogP contribution is 2.35. The summed E-state index contributed by atoms with van der Waals surface area (Å²) >= 11 is 0. The lowest BCUT2D eigenvalue weighted by molar-refractivity contribution is -0.137.